The molecule has 0 unspecified atom stereocenters. The van der Waals surface area contributed by atoms with E-state index in [0.29, 0.717) is 29.4 Å². The molecule has 0 atom stereocenters. The van der Waals surface area contributed by atoms with Gasteiger partial charge in [-0.1, -0.05) is 12.1 Å². The summed E-state index contributed by atoms with van der Waals surface area (Å²) in [4.78, 5) is 15.4. The van der Waals surface area contributed by atoms with Crippen LogP contribution < -0.4 is 14.8 Å². The molecule has 0 fully saturated rings. The zero-order chi connectivity index (χ0) is 17.9. The number of imidazole rings is 1. The van der Waals surface area contributed by atoms with Gasteiger partial charge in [-0.15, -0.1) is 0 Å². The van der Waals surface area contributed by atoms with Crippen LogP contribution in [0.1, 0.15) is 5.56 Å². The minimum atomic E-state index is -0.100. The minimum Gasteiger partial charge on any atom is -0.486 e. The van der Waals surface area contributed by atoms with E-state index < -0.39 is 0 Å². The molecule has 1 aromatic heterocycles. The minimum absolute atomic E-state index is 0.100. The largest absolute Gasteiger partial charge is 0.486 e. The van der Waals surface area contributed by atoms with Gasteiger partial charge >= 0.3 is 0 Å². The molecule has 0 spiro atoms. The predicted molar refractivity (Wildman–Crippen MR) is 101 cm³/mol. The summed E-state index contributed by atoms with van der Waals surface area (Å²) < 4.78 is 13.5. The molecule has 1 aliphatic rings. The van der Waals surface area contributed by atoms with Crippen molar-refractivity contribution in [3.8, 4) is 17.2 Å². The number of fused-ring (bicyclic) bond motifs is 1. The highest BCUT2D eigenvalue weighted by molar-refractivity contribution is 7.71. The number of ether oxygens (including phenoxy) is 2. The summed E-state index contributed by atoms with van der Waals surface area (Å²) in [6.45, 7) is 1.07. The van der Waals surface area contributed by atoms with Crippen LogP contribution in [-0.4, -0.2) is 28.7 Å². The molecule has 2 heterocycles. The second-order valence-electron chi connectivity index (χ2n) is 5.89. The molecule has 26 heavy (non-hydrogen) atoms. The molecule has 4 rings (SSSR count). The molecule has 0 saturated carbocycles. The molecule has 0 aliphatic carbocycles. The highest BCUT2D eigenvalue weighted by Gasteiger charge is 2.13. The number of hydrogen-bond acceptors (Lipinski definition) is 4. The summed E-state index contributed by atoms with van der Waals surface area (Å²) in [6, 6.07) is 13.1. The molecule has 1 aliphatic heterocycles. The van der Waals surface area contributed by atoms with Gasteiger partial charge in [-0.05, 0) is 48.1 Å². The van der Waals surface area contributed by atoms with E-state index in [1.54, 1.807) is 6.20 Å². The van der Waals surface area contributed by atoms with Crippen LogP contribution in [0.4, 0.5) is 5.69 Å². The van der Waals surface area contributed by atoms with Crippen molar-refractivity contribution in [1.29, 1.82) is 0 Å². The van der Waals surface area contributed by atoms with Crippen molar-refractivity contribution >= 4 is 23.8 Å². The maximum Gasteiger partial charge on any atom is 0.228 e. The Labute approximate surface area is 155 Å². The predicted octanol–water partition coefficient (Wildman–Crippen LogP) is 3.49. The number of amides is 1. The fourth-order valence-corrected chi connectivity index (χ4v) is 3.08. The van der Waals surface area contributed by atoms with Crippen molar-refractivity contribution in [2.75, 3.05) is 18.5 Å². The van der Waals surface area contributed by atoms with E-state index in [1.165, 1.54) is 0 Å². The SMILES string of the molecule is O=C(Cc1ccc2c(c1)OCCO2)Nc1cccc(-n2cc[nH]c2=S)c1. The molecule has 0 bridgehead atoms. The first-order valence-corrected chi connectivity index (χ1v) is 8.65. The maximum absolute atomic E-state index is 12.4. The third kappa shape index (κ3) is 3.48. The second kappa shape index (κ2) is 7.05. The monoisotopic (exact) mass is 367 g/mol. The summed E-state index contributed by atoms with van der Waals surface area (Å²) >= 11 is 5.23. The summed E-state index contributed by atoms with van der Waals surface area (Å²) in [7, 11) is 0. The number of carbonyl (C=O) groups is 1. The van der Waals surface area contributed by atoms with Crippen LogP contribution in [0.15, 0.2) is 54.9 Å². The topological polar surface area (TPSA) is 68.3 Å². The van der Waals surface area contributed by atoms with Crippen molar-refractivity contribution < 1.29 is 14.3 Å². The van der Waals surface area contributed by atoms with Gasteiger partial charge in [0.15, 0.2) is 16.3 Å². The van der Waals surface area contributed by atoms with Crippen LogP contribution in [0.5, 0.6) is 11.5 Å². The highest BCUT2D eigenvalue weighted by atomic mass is 32.1. The van der Waals surface area contributed by atoms with Crippen molar-refractivity contribution in [1.82, 2.24) is 9.55 Å². The zero-order valence-electron chi connectivity index (χ0n) is 13.9. The van der Waals surface area contributed by atoms with Crippen LogP contribution >= 0.6 is 12.2 Å². The number of rotatable bonds is 4. The number of aromatic amines is 1. The lowest BCUT2D eigenvalue weighted by Crippen LogP contribution is -2.17. The molecule has 2 aromatic carbocycles. The summed E-state index contributed by atoms with van der Waals surface area (Å²) in [5, 5.41) is 2.92. The molecule has 0 radical (unpaired) electrons. The highest BCUT2D eigenvalue weighted by Crippen LogP contribution is 2.31. The smallest absolute Gasteiger partial charge is 0.228 e. The van der Waals surface area contributed by atoms with Gasteiger partial charge in [0.2, 0.25) is 5.91 Å². The van der Waals surface area contributed by atoms with Gasteiger partial charge in [-0.3, -0.25) is 9.36 Å². The van der Waals surface area contributed by atoms with E-state index in [-0.39, 0.29) is 12.3 Å². The Balaban J connectivity index is 1.47. The van der Waals surface area contributed by atoms with Crippen LogP contribution in [0, 0.1) is 4.77 Å². The van der Waals surface area contributed by atoms with Gasteiger partial charge in [-0.2, -0.15) is 0 Å². The van der Waals surface area contributed by atoms with E-state index >= 15 is 0 Å². The first kappa shape index (κ1) is 16.4. The molecule has 7 heteroatoms. The van der Waals surface area contributed by atoms with E-state index in [4.69, 9.17) is 21.7 Å². The normalized spacial score (nSPS) is 12.6. The Hall–Kier alpha value is -3.06. The number of benzene rings is 2. The quantitative estimate of drug-likeness (QED) is 0.693. The number of anilines is 1. The first-order chi connectivity index (χ1) is 12.7. The van der Waals surface area contributed by atoms with Gasteiger partial charge < -0.3 is 19.8 Å². The Bertz CT molecular complexity index is 1010. The fourth-order valence-electron chi connectivity index (χ4n) is 2.85. The Morgan fingerprint density at radius 2 is 2.00 bits per heavy atom. The number of H-pyrrole nitrogens is 1. The first-order valence-electron chi connectivity index (χ1n) is 8.24. The summed E-state index contributed by atoms with van der Waals surface area (Å²) in [5.74, 6) is 1.30. The van der Waals surface area contributed by atoms with E-state index in [9.17, 15) is 4.79 Å². The molecule has 132 valence electrons. The van der Waals surface area contributed by atoms with Gasteiger partial charge in [0.25, 0.3) is 0 Å². The van der Waals surface area contributed by atoms with Crippen LogP contribution in [0.25, 0.3) is 5.69 Å². The lowest BCUT2D eigenvalue weighted by molar-refractivity contribution is -0.115. The molecule has 2 N–H and O–H groups in total. The number of hydrogen-bond donors (Lipinski definition) is 2. The Morgan fingerprint density at radius 3 is 2.81 bits per heavy atom. The third-order valence-corrected chi connectivity index (χ3v) is 4.34. The van der Waals surface area contributed by atoms with E-state index in [0.717, 1.165) is 17.0 Å². The number of aromatic nitrogens is 2. The van der Waals surface area contributed by atoms with Crippen molar-refractivity contribution in [3.05, 3.63) is 65.2 Å². The van der Waals surface area contributed by atoms with Crippen LogP contribution in [0.2, 0.25) is 0 Å². The lowest BCUT2D eigenvalue weighted by atomic mass is 10.1. The molecule has 0 saturated heterocycles. The third-order valence-electron chi connectivity index (χ3n) is 4.03. The Morgan fingerprint density at radius 1 is 1.15 bits per heavy atom. The number of carbonyl (C=O) groups excluding carboxylic acids is 1. The number of nitrogens with one attached hydrogen (secondary N) is 2. The van der Waals surface area contributed by atoms with Crippen molar-refractivity contribution in [2.24, 2.45) is 0 Å². The summed E-state index contributed by atoms with van der Waals surface area (Å²) in [6.07, 6.45) is 3.87. The van der Waals surface area contributed by atoms with Gasteiger partial charge in [0.1, 0.15) is 13.2 Å². The van der Waals surface area contributed by atoms with Gasteiger partial charge in [0, 0.05) is 23.8 Å². The van der Waals surface area contributed by atoms with Crippen molar-refractivity contribution in [2.45, 2.75) is 6.42 Å². The molecular formula is C19H17N3O3S. The lowest BCUT2D eigenvalue weighted by Gasteiger charge is -2.18. The molecule has 3 aromatic rings. The fraction of sp³-hybridized carbons (Fsp3) is 0.158. The Kier molecular flexibility index (Phi) is 4.45. The van der Waals surface area contributed by atoms with E-state index in [1.807, 2.05) is 53.2 Å². The summed E-state index contributed by atoms with van der Waals surface area (Å²) in [5.41, 5.74) is 2.47. The average molecular weight is 367 g/mol. The van der Waals surface area contributed by atoms with Gasteiger partial charge in [-0.25, -0.2) is 0 Å². The standard InChI is InChI=1S/C19H17N3O3S/c23-18(11-13-4-5-16-17(10-13)25-9-8-24-16)21-14-2-1-3-15(12-14)22-7-6-20-19(22)26/h1-7,10,12H,8-9,11H2,(H,20,26)(H,21,23). The van der Waals surface area contributed by atoms with Gasteiger partial charge in [0.05, 0.1) is 6.42 Å². The van der Waals surface area contributed by atoms with Crippen LogP contribution in [0.3, 0.4) is 0 Å². The molecule has 6 nitrogen and oxygen atoms in total. The molecule has 1 amide bonds. The second-order valence-corrected chi connectivity index (χ2v) is 6.28. The molecular weight excluding hydrogens is 350 g/mol. The zero-order valence-corrected chi connectivity index (χ0v) is 14.7. The number of nitrogens with zero attached hydrogens (tertiary/aromatic N) is 1. The van der Waals surface area contributed by atoms with E-state index in [2.05, 4.69) is 10.3 Å². The van der Waals surface area contributed by atoms with Crippen LogP contribution in [-0.2, 0) is 11.2 Å². The van der Waals surface area contributed by atoms with Crippen molar-refractivity contribution in [3.63, 3.8) is 0 Å². The average Bonchev–Trinajstić information content (AvgIpc) is 3.08. The maximum atomic E-state index is 12.4.